The first-order chi connectivity index (χ1) is 12.3. The maximum Gasteiger partial charge on any atom is 0.240 e. The minimum absolute atomic E-state index is 0.163. The summed E-state index contributed by atoms with van der Waals surface area (Å²) in [5.41, 5.74) is 1.06. The average molecular weight is 345 g/mol. The fourth-order valence-electron chi connectivity index (χ4n) is 3.16. The second-order valence-corrected chi connectivity index (χ2v) is 6.49. The Bertz CT molecular complexity index is 625. The van der Waals surface area contributed by atoms with E-state index >= 15 is 0 Å². The van der Waals surface area contributed by atoms with Crippen LogP contribution in [-0.2, 0) is 17.8 Å². The third kappa shape index (κ3) is 5.07. The zero-order chi connectivity index (χ0) is 17.5. The molecule has 1 N–H and O–H groups in total. The normalized spacial score (nSPS) is 19.7. The summed E-state index contributed by atoms with van der Waals surface area (Å²) in [5.74, 6) is 1.23. The molecule has 3 heterocycles. The summed E-state index contributed by atoms with van der Waals surface area (Å²) in [4.78, 5) is 11.4. The van der Waals surface area contributed by atoms with Crippen LogP contribution >= 0.6 is 0 Å². The molecule has 1 aliphatic rings. The van der Waals surface area contributed by atoms with Crippen LogP contribution in [0.2, 0.25) is 0 Å². The van der Waals surface area contributed by atoms with E-state index in [0.29, 0.717) is 24.3 Å². The van der Waals surface area contributed by atoms with Crippen LogP contribution in [0.15, 0.2) is 28.9 Å². The van der Waals surface area contributed by atoms with E-state index in [2.05, 4.69) is 31.4 Å². The van der Waals surface area contributed by atoms with Crippen molar-refractivity contribution in [3.05, 3.63) is 41.8 Å². The summed E-state index contributed by atoms with van der Waals surface area (Å²) >= 11 is 0. The number of ether oxygens (including phenoxy) is 1. The van der Waals surface area contributed by atoms with Crippen molar-refractivity contribution in [3.63, 3.8) is 0 Å². The minimum Gasteiger partial charge on any atom is -0.374 e. The van der Waals surface area contributed by atoms with Gasteiger partial charge in [-0.05, 0) is 51.4 Å². The maximum absolute atomic E-state index is 5.46. The van der Waals surface area contributed by atoms with Crippen molar-refractivity contribution >= 4 is 0 Å². The van der Waals surface area contributed by atoms with E-state index in [1.54, 1.807) is 7.11 Å². The van der Waals surface area contributed by atoms with Crippen molar-refractivity contribution in [3.8, 4) is 0 Å². The first-order valence-corrected chi connectivity index (χ1v) is 8.96. The van der Waals surface area contributed by atoms with Gasteiger partial charge in [0.1, 0.15) is 6.10 Å². The van der Waals surface area contributed by atoms with Crippen LogP contribution in [-0.4, -0.2) is 46.3 Å². The average Bonchev–Trinajstić information content (AvgIpc) is 2.94. The highest BCUT2D eigenvalue weighted by molar-refractivity contribution is 5.04. The van der Waals surface area contributed by atoms with Gasteiger partial charge in [-0.1, -0.05) is 11.2 Å². The smallest absolute Gasteiger partial charge is 0.240 e. The summed E-state index contributed by atoms with van der Waals surface area (Å²) in [6.45, 7) is 5.45. The van der Waals surface area contributed by atoms with Gasteiger partial charge in [-0.15, -0.1) is 0 Å². The molecule has 0 aromatic carbocycles. The van der Waals surface area contributed by atoms with Gasteiger partial charge in [0, 0.05) is 25.9 Å². The second-order valence-electron chi connectivity index (χ2n) is 6.49. The van der Waals surface area contributed by atoms with Crippen molar-refractivity contribution in [2.24, 2.45) is 0 Å². The molecule has 0 unspecified atom stereocenters. The van der Waals surface area contributed by atoms with Crippen LogP contribution in [0.3, 0.4) is 0 Å². The molecule has 1 aliphatic heterocycles. The molecule has 2 aromatic heterocycles. The SMILES string of the molecule is CO[C@@H](C)c1noc(CN(Cc2ccccn2)[C@H]2CCCNCC2)n1. The van der Waals surface area contributed by atoms with E-state index in [1.807, 2.05) is 25.3 Å². The van der Waals surface area contributed by atoms with Gasteiger partial charge in [-0.3, -0.25) is 9.88 Å². The van der Waals surface area contributed by atoms with Gasteiger partial charge in [0.25, 0.3) is 0 Å². The molecule has 7 nitrogen and oxygen atoms in total. The Kier molecular flexibility index (Phi) is 6.49. The zero-order valence-corrected chi connectivity index (χ0v) is 15.0. The van der Waals surface area contributed by atoms with Gasteiger partial charge in [-0.2, -0.15) is 4.98 Å². The van der Waals surface area contributed by atoms with Crippen LogP contribution in [0.1, 0.15) is 49.7 Å². The number of methoxy groups -OCH3 is 1. The van der Waals surface area contributed by atoms with Crippen molar-refractivity contribution in [2.75, 3.05) is 20.2 Å². The number of rotatable bonds is 7. The molecular formula is C18H27N5O2. The topological polar surface area (TPSA) is 76.3 Å². The Hall–Kier alpha value is -1.83. The molecule has 7 heteroatoms. The summed E-state index contributed by atoms with van der Waals surface area (Å²) in [6, 6.07) is 6.51. The highest BCUT2D eigenvalue weighted by Crippen LogP contribution is 2.20. The fraction of sp³-hybridized carbons (Fsp3) is 0.611. The molecule has 0 amide bonds. The molecule has 0 spiro atoms. The molecule has 1 fully saturated rings. The van der Waals surface area contributed by atoms with E-state index in [9.17, 15) is 0 Å². The molecule has 25 heavy (non-hydrogen) atoms. The molecule has 0 radical (unpaired) electrons. The molecule has 0 bridgehead atoms. The predicted molar refractivity (Wildman–Crippen MR) is 93.7 cm³/mol. The van der Waals surface area contributed by atoms with E-state index in [-0.39, 0.29) is 6.10 Å². The van der Waals surface area contributed by atoms with Gasteiger partial charge in [0.05, 0.1) is 12.2 Å². The quantitative estimate of drug-likeness (QED) is 0.825. The Balaban J connectivity index is 1.74. The van der Waals surface area contributed by atoms with Gasteiger partial charge in [0.15, 0.2) is 5.82 Å². The van der Waals surface area contributed by atoms with Crippen LogP contribution in [0.5, 0.6) is 0 Å². The third-order valence-corrected chi connectivity index (χ3v) is 4.69. The molecule has 136 valence electrons. The van der Waals surface area contributed by atoms with E-state index in [1.165, 1.54) is 6.42 Å². The number of nitrogens with zero attached hydrogens (tertiary/aromatic N) is 4. The predicted octanol–water partition coefficient (Wildman–Crippen LogP) is 2.32. The summed E-state index contributed by atoms with van der Waals surface area (Å²) in [6.07, 6.45) is 5.13. The number of hydrogen-bond donors (Lipinski definition) is 1. The highest BCUT2D eigenvalue weighted by Gasteiger charge is 2.23. The van der Waals surface area contributed by atoms with Crippen molar-refractivity contribution in [2.45, 2.75) is 51.4 Å². The van der Waals surface area contributed by atoms with Crippen molar-refractivity contribution in [1.29, 1.82) is 0 Å². The van der Waals surface area contributed by atoms with E-state index in [0.717, 1.165) is 38.2 Å². The zero-order valence-electron chi connectivity index (χ0n) is 15.0. The first-order valence-electron chi connectivity index (χ1n) is 8.96. The first kappa shape index (κ1) is 18.0. The number of aromatic nitrogens is 3. The monoisotopic (exact) mass is 345 g/mol. The fourth-order valence-corrected chi connectivity index (χ4v) is 3.16. The largest absolute Gasteiger partial charge is 0.374 e. The molecule has 1 saturated heterocycles. The van der Waals surface area contributed by atoms with Crippen LogP contribution in [0.4, 0.5) is 0 Å². The minimum atomic E-state index is -0.163. The third-order valence-electron chi connectivity index (χ3n) is 4.69. The lowest BCUT2D eigenvalue weighted by atomic mass is 10.1. The lowest BCUT2D eigenvalue weighted by Gasteiger charge is -2.29. The Morgan fingerprint density at radius 1 is 1.32 bits per heavy atom. The standard InChI is InChI=1S/C18H27N5O2/c1-14(24-2)18-21-17(25-22-18)13-23(12-15-6-3-4-10-20-15)16-7-5-9-19-11-8-16/h3-4,6,10,14,16,19H,5,7-9,11-13H2,1-2H3/t14-,16-/m0/s1. The van der Waals surface area contributed by atoms with Gasteiger partial charge < -0.3 is 14.6 Å². The van der Waals surface area contributed by atoms with Gasteiger partial charge >= 0.3 is 0 Å². The number of pyridine rings is 1. The molecule has 0 aliphatic carbocycles. The Morgan fingerprint density at radius 3 is 3.04 bits per heavy atom. The molecule has 2 aromatic rings. The summed E-state index contributed by atoms with van der Waals surface area (Å²) in [5, 5.41) is 7.52. The molecular weight excluding hydrogens is 318 g/mol. The summed E-state index contributed by atoms with van der Waals surface area (Å²) < 4.78 is 10.7. The van der Waals surface area contributed by atoms with Crippen molar-refractivity contribution in [1.82, 2.24) is 25.3 Å². The lowest BCUT2D eigenvalue weighted by Crippen LogP contribution is -2.35. The van der Waals surface area contributed by atoms with Crippen molar-refractivity contribution < 1.29 is 9.26 Å². The number of hydrogen-bond acceptors (Lipinski definition) is 7. The lowest BCUT2D eigenvalue weighted by molar-refractivity contribution is 0.109. The second kappa shape index (κ2) is 9.03. The van der Waals surface area contributed by atoms with Gasteiger partial charge in [-0.25, -0.2) is 0 Å². The molecule has 0 saturated carbocycles. The molecule has 2 atom stereocenters. The Labute approximate surface area is 148 Å². The maximum atomic E-state index is 5.46. The summed E-state index contributed by atoms with van der Waals surface area (Å²) in [7, 11) is 1.65. The van der Waals surface area contributed by atoms with E-state index in [4.69, 9.17) is 9.26 Å². The van der Waals surface area contributed by atoms with E-state index < -0.39 is 0 Å². The van der Waals surface area contributed by atoms with Crippen LogP contribution < -0.4 is 5.32 Å². The molecule has 3 rings (SSSR count). The van der Waals surface area contributed by atoms with Crippen LogP contribution in [0, 0.1) is 0 Å². The van der Waals surface area contributed by atoms with Crippen LogP contribution in [0.25, 0.3) is 0 Å². The van der Waals surface area contributed by atoms with Gasteiger partial charge in [0.2, 0.25) is 5.89 Å². The number of nitrogens with one attached hydrogen (secondary N) is 1. The highest BCUT2D eigenvalue weighted by atomic mass is 16.5. The Morgan fingerprint density at radius 2 is 2.24 bits per heavy atom.